The highest BCUT2D eigenvalue weighted by Gasteiger charge is 2.33. The van der Waals surface area contributed by atoms with Crippen LogP contribution in [0.2, 0.25) is 0 Å². The van der Waals surface area contributed by atoms with E-state index in [1.807, 2.05) is 0 Å². The lowest BCUT2D eigenvalue weighted by molar-refractivity contribution is -0.141. The standard InChI is InChI=1S/C24H33F3N6O3/c1-15(16(2)30-21-6-4-5-20(32-21)24(25,26)27)22(29-14-28)23(34)33-10-7-17(8-11-33)31-18-9-12-36-13-19(18)35-3/h4-6,14,17-19,31H,2,7-13H2,1,3H3,(H2,28,29)(H,30,32)/b22-15-. The van der Waals surface area contributed by atoms with E-state index in [0.29, 0.717) is 31.9 Å². The molecule has 1 aromatic heterocycles. The number of hydrogen-bond donors (Lipinski definition) is 3. The fourth-order valence-corrected chi connectivity index (χ4v) is 4.28. The molecule has 2 fully saturated rings. The summed E-state index contributed by atoms with van der Waals surface area (Å²) in [4.78, 5) is 22.6. The van der Waals surface area contributed by atoms with Gasteiger partial charge in [-0.05, 0) is 38.3 Å². The summed E-state index contributed by atoms with van der Waals surface area (Å²) in [6.45, 7) is 7.74. The molecule has 2 aliphatic rings. The highest BCUT2D eigenvalue weighted by molar-refractivity contribution is 5.96. The summed E-state index contributed by atoms with van der Waals surface area (Å²) in [5, 5.41) is 6.37. The third-order valence-corrected chi connectivity index (χ3v) is 6.37. The van der Waals surface area contributed by atoms with Gasteiger partial charge < -0.3 is 30.7 Å². The fraction of sp³-hybridized carbons (Fsp3) is 0.542. The van der Waals surface area contributed by atoms with E-state index in [2.05, 4.69) is 27.2 Å². The first-order valence-corrected chi connectivity index (χ1v) is 11.8. The Balaban J connectivity index is 1.64. The maximum absolute atomic E-state index is 13.3. The summed E-state index contributed by atoms with van der Waals surface area (Å²) in [6, 6.07) is 3.94. The van der Waals surface area contributed by atoms with Crippen molar-refractivity contribution in [3.8, 4) is 0 Å². The Morgan fingerprint density at radius 1 is 1.33 bits per heavy atom. The van der Waals surface area contributed by atoms with E-state index in [-0.39, 0.29) is 41.3 Å². The predicted molar refractivity (Wildman–Crippen MR) is 130 cm³/mol. The predicted octanol–water partition coefficient (Wildman–Crippen LogP) is 2.67. The van der Waals surface area contributed by atoms with Crippen LogP contribution < -0.4 is 16.4 Å². The second kappa shape index (κ2) is 12.3. The Labute approximate surface area is 208 Å². The second-order valence-corrected chi connectivity index (χ2v) is 8.74. The molecule has 2 unspecified atom stereocenters. The van der Waals surface area contributed by atoms with Crippen molar-refractivity contribution < 1.29 is 27.4 Å². The lowest BCUT2D eigenvalue weighted by atomic mass is 9.99. The molecule has 3 heterocycles. The Morgan fingerprint density at radius 2 is 2.06 bits per heavy atom. The van der Waals surface area contributed by atoms with Gasteiger partial charge in [-0.1, -0.05) is 12.6 Å². The SMILES string of the molecule is C=C(Nc1cccc(C(F)(F)F)n1)/C(C)=C(\N=C/N)C(=O)N1CCC(NC2CCOCC2OC)CC1. The summed E-state index contributed by atoms with van der Waals surface area (Å²) < 4.78 is 49.9. The number of amides is 1. The number of ether oxygens (including phenoxy) is 2. The summed E-state index contributed by atoms with van der Waals surface area (Å²) in [5.74, 6) is -0.375. The first-order chi connectivity index (χ1) is 17.1. The molecule has 0 spiro atoms. The number of methoxy groups -OCH3 is 1. The average molecular weight is 511 g/mol. The van der Waals surface area contributed by atoms with Crippen LogP contribution >= 0.6 is 0 Å². The number of anilines is 1. The highest BCUT2D eigenvalue weighted by Crippen LogP contribution is 2.29. The van der Waals surface area contributed by atoms with Crippen molar-refractivity contribution in [1.82, 2.24) is 15.2 Å². The van der Waals surface area contributed by atoms with Crippen molar-refractivity contribution in [2.75, 3.05) is 38.7 Å². The molecule has 0 radical (unpaired) electrons. The molecule has 12 heteroatoms. The number of pyridine rings is 1. The molecule has 0 saturated carbocycles. The van der Waals surface area contributed by atoms with Crippen molar-refractivity contribution in [2.45, 2.75) is 50.6 Å². The van der Waals surface area contributed by atoms with E-state index < -0.39 is 11.9 Å². The first kappa shape index (κ1) is 27.6. The molecule has 3 rings (SSSR count). The van der Waals surface area contributed by atoms with E-state index in [1.54, 1.807) is 18.9 Å². The summed E-state index contributed by atoms with van der Waals surface area (Å²) in [5.41, 5.74) is 5.07. The minimum absolute atomic E-state index is 0.000633. The molecular weight excluding hydrogens is 477 g/mol. The molecule has 1 aromatic rings. The van der Waals surface area contributed by atoms with Crippen LogP contribution in [-0.4, -0.2) is 73.7 Å². The molecule has 1 amide bonds. The number of rotatable bonds is 8. The van der Waals surface area contributed by atoms with Gasteiger partial charge in [0.25, 0.3) is 5.91 Å². The molecule has 0 aliphatic carbocycles. The smallest absolute Gasteiger partial charge is 0.390 e. The number of aromatic nitrogens is 1. The van der Waals surface area contributed by atoms with Gasteiger partial charge in [-0.15, -0.1) is 0 Å². The molecule has 0 bridgehead atoms. The summed E-state index contributed by atoms with van der Waals surface area (Å²) in [7, 11) is 1.68. The molecule has 2 saturated heterocycles. The van der Waals surface area contributed by atoms with Gasteiger partial charge in [0.1, 0.15) is 17.2 Å². The van der Waals surface area contributed by atoms with E-state index >= 15 is 0 Å². The zero-order valence-electron chi connectivity index (χ0n) is 20.5. The van der Waals surface area contributed by atoms with E-state index in [4.69, 9.17) is 15.2 Å². The molecule has 2 aliphatic heterocycles. The maximum atomic E-state index is 13.3. The lowest BCUT2D eigenvalue weighted by Gasteiger charge is -2.38. The quantitative estimate of drug-likeness (QED) is 0.213. The number of carbonyl (C=O) groups excluding carboxylic acids is 1. The molecule has 0 aromatic carbocycles. The van der Waals surface area contributed by atoms with Gasteiger partial charge in [-0.2, -0.15) is 13.2 Å². The Hall–Kier alpha value is -2.96. The van der Waals surface area contributed by atoms with Gasteiger partial charge in [0.05, 0.1) is 19.0 Å². The van der Waals surface area contributed by atoms with Crippen LogP contribution in [0.25, 0.3) is 0 Å². The third kappa shape index (κ3) is 7.05. The van der Waals surface area contributed by atoms with E-state index in [9.17, 15) is 18.0 Å². The maximum Gasteiger partial charge on any atom is 0.433 e. The van der Waals surface area contributed by atoms with Gasteiger partial charge in [-0.3, -0.25) is 4.79 Å². The Kier molecular flexibility index (Phi) is 9.46. The minimum atomic E-state index is -4.58. The lowest BCUT2D eigenvalue weighted by Crippen LogP contribution is -2.54. The zero-order valence-corrected chi connectivity index (χ0v) is 20.5. The molecule has 9 nitrogen and oxygen atoms in total. The topological polar surface area (TPSA) is 114 Å². The number of halogens is 3. The molecule has 4 N–H and O–H groups in total. The van der Waals surface area contributed by atoms with Crippen LogP contribution in [0.1, 0.15) is 31.9 Å². The number of nitrogens with one attached hydrogen (secondary N) is 2. The summed E-state index contributed by atoms with van der Waals surface area (Å²) >= 11 is 0. The van der Waals surface area contributed by atoms with Crippen LogP contribution in [0.15, 0.2) is 46.7 Å². The van der Waals surface area contributed by atoms with Crippen molar-refractivity contribution in [1.29, 1.82) is 0 Å². The Bertz CT molecular complexity index is 990. The zero-order chi connectivity index (χ0) is 26.3. The van der Waals surface area contributed by atoms with Crippen molar-refractivity contribution >= 4 is 18.1 Å². The van der Waals surface area contributed by atoms with E-state index in [1.165, 1.54) is 12.1 Å². The molecular formula is C24H33F3N6O3. The number of aliphatic imine (C=N–C) groups is 1. The first-order valence-electron chi connectivity index (χ1n) is 11.8. The number of alkyl halides is 3. The van der Waals surface area contributed by atoms with Gasteiger partial charge in [-0.25, -0.2) is 9.98 Å². The second-order valence-electron chi connectivity index (χ2n) is 8.74. The number of allylic oxidation sites excluding steroid dienone is 1. The van der Waals surface area contributed by atoms with Crippen LogP contribution in [0.4, 0.5) is 19.0 Å². The monoisotopic (exact) mass is 510 g/mol. The van der Waals surface area contributed by atoms with Gasteiger partial charge >= 0.3 is 6.18 Å². The average Bonchev–Trinajstić information content (AvgIpc) is 2.87. The highest BCUT2D eigenvalue weighted by atomic mass is 19.4. The third-order valence-electron chi connectivity index (χ3n) is 6.37. The molecule has 198 valence electrons. The van der Waals surface area contributed by atoms with Crippen LogP contribution in [-0.2, 0) is 20.4 Å². The number of hydrogen-bond acceptors (Lipinski definition) is 7. The van der Waals surface area contributed by atoms with E-state index in [0.717, 1.165) is 31.7 Å². The minimum Gasteiger partial charge on any atom is -0.390 e. The number of piperidine rings is 1. The summed E-state index contributed by atoms with van der Waals surface area (Å²) in [6.07, 6.45) is -1.19. The molecule has 36 heavy (non-hydrogen) atoms. The van der Waals surface area contributed by atoms with Gasteiger partial charge in [0.2, 0.25) is 0 Å². The number of likely N-dealkylation sites (tertiary alicyclic amines) is 1. The Morgan fingerprint density at radius 3 is 2.69 bits per heavy atom. The van der Waals surface area contributed by atoms with Gasteiger partial charge in [0, 0.05) is 50.2 Å². The number of nitrogens with zero attached hydrogens (tertiary/aromatic N) is 3. The van der Waals surface area contributed by atoms with Crippen molar-refractivity contribution in [2.24, 2.45) is 10.7 Å². The largest absolute Gasteiger partial charge is 0.433 e. The van der Waals surface area contributed by atoms with Gasteiger partial charge in [0.15, 0.2) is 0 Å². The van der Waals surface area contributed by atoms with Crippen LogP contribution in [0, 0.1) is 0 Å². The normalized spacial score (nSPS) is 22.4. The van der Waals surface area contributed by atoms with Crippen LogP contribution in [0.3, 0.4) is 0 Å². The number of nitrogens with two attached hydrogens (primary N) is 1. The molecule has 2 atom stereocenters. The number of carbonyl (C=O) groups is 1. The van der Waals surface area contributed by atoms with Crippen molar-refractivity contribution in [3.63, 3.8) is 0 Å². The fourth-order valence-electron chi connectivity index (χ4n) is 4.28. The van der Waals surface area contributed by atoms with Crippen LogP contribution in [0.5, 0.6) is 0 Å². The van der Waals surface area contributed by atoms with Crippen molar-refractivity contribution in [3.05, 3.63) is 47.4 Å².